The van der Waals surface area contributed by atoms with Gasteiger partial charge in [0.05, 0.1) is 25.8 Å². The number of carbonyl (C=O) groups is 1. The second-order valence-corrected chi connectivity index (χ2v) is 6.67. The average molecular weight is 332 g/mol. The molecule has 0 spiro atoms. The summed E-state index contributed by atoms with van der Waals surface area (Å²) in [5.74, 6) is 0.0912. The van der Waals surface area contributed by atoms with E-state index in [9.17, 15) is 4.79 Å². The van der Waals surface area contributed by atoms with Gasteiger partial charge in [0.1, 0.15) is 0 Å². The normalized spacial score (nSPS) is 22.6. The molecule has 2 heterocycles. The van der Waals surface area contributed by atoms with Crippen LogP contribution in [0.5, 0.6) is 0 Å². The van der Waals surface area contributed by atoms with Crippen LogP contribution in [0.4, 0.5) is 0 Å². The van der Waals surface area contributed by atoms with E-state index in [0.29, 0.717) is 26.3 Å². The Morgan fingerprint density at radius 3 is 2.83 bits per heavy atom. The molecule has 2 aliphatic rings. The first kappa shape index (κ1) is 17.4. The van der Waals surface area contributed by atoms with Crippen LogP contribution in [0.3, 0.4) is 0 Å². The summed E-state index contributed by atoms with van der Waals surface area (Å²) in [5.41, 5.74) is 2.57. The van der Waals surface area contributed by atoms with Crippen molar-refractivity contribution in [1.82, 2.24) is 10.2 Å². The summed E-state index contributed by atoms with van der Waals surface area (Å²) in [7, 11) is 0. The van der Waals surface area contributed by atoms with Crippen molar-refractivity contribution in [2.75, 3.05) is 32.8 Å². The van der Waals surface area contributed by atoms with Crippen molar-refractivity contribution in [2.45, 2.75) is 44.9 Å². The third-order valence-corrected chi connectivity index (χ3v) is 4.95. The average Bonchev–Trinajstić information content (AvgIpc) is 3.11. The number of nitrogens with one attached hydrogen (secondary N) is 1. The summed E-state index contributed by atoms with van der Waals surface area (Å²) in [6, 6.07) is 8.53. The van der Waals surface area contributed by atoms with Crippen molar-refractivity contribution in [3.8, 4) is 0 Å². The van der Waals surface area contributed by atoms with E-state index in [1.807, 2.05) is 12.1 Å². The molecule has 1 atom stereocenters. The first-order valence-corrected chi connectivity index (χ1v) is 9.02. The van der Waals surface area contributed by atoms with Gasteiger partial charge in [-0.15, -0.1) is 0 Å². The molecule has 24 heavy (non-hydrogen) atoms. The van der Waals surface area contributed by atoms with E-state index >= 15 is 0 Å². The minimum absolute atomic E-state index is 0.0912. The molecule has 2 aliphatic heterocycles. The highest BCUT2D eigenvalue weighted by molar-refractivity contribution is 5.78. The van der Waals surface area contributed by atoms with Crippen molar-refractivity contribution >= 4 is 5.91 Å². The molecule has 0 aromatic heterocycles. The zero-order chi connectivity index (χ0) is 16.8. The lowest BCUT2D eigenvalue weighted by Crippen LogP contribution is -2.51. The van der Waals surface area contributed by atoms with Gasteiger partial charge in [-0.2, -0.15) is 0 Å². The smallest absolute Gasteiger partial charge is 0.234 e. The van der Waals surface area contributed by atoms with Crippen molar-refractivity contribution in [3.05, 3.63) is 35.4 Å². The topological polar surface area (TPSA) is 50.8 Å². The molecule has 0 aliphatic carbocycles. The van der Waals surface area contributed by atoms with Crippen molar-refractivity contribution in [3.63, 3.8) is 0 Å². The molecule has 0 radical (unpaired) electrons. The number of carbonyl (C=O) groups excluding carboxylic acids is 1. The molecule has 0 saturated carbocycles. The number of piperidine rings is 1. The standard InChI is InChI=1S/C19H28N2O3/c1-15-6-2-3-7-16(15)9-10-20-18(22)14-21-11-5-4-8-17(21)19-23-12-13-24-19/h2-3,6-7,17,19H,4-5,8-14H2,1H3,(H,20,22). The van der Waals surface area contributed by atoms with Crippen LogP contribution in [-0.4, -0.2) is 56.0 Å². The van der Waals surface area contributed by atoms with Gasteiger partial charge < -0.3 is 14.8 Å². The molecule has 1 aromatic rings. The van der Waals surface area contributed by atoms with E-state index in [1.165, 1.54) is 17.5 Å². The molecule has 5 heteroatoms. The predicted molar refractivity (Wildman–Crippen MR) is 92.8 cm³/mol. The Morgan fingerprint density at radius 2 is 2.04 bits per heavy atom. The van der Waals surface area contributed by atoms with Crippen LogP contribution in [0.25, 0.3) is 0 Å². The number of hydrogen-bond donors (Lipinski definition) is 1. The first-order chi connectivity index (χ1) is 11.7. The largest absolute Gasteiger partial charge is 0.355 e. The fourth-order valence-electron chi connectivity index (χ4n) is 3.59. The van der Waals surface area contributed by atoms with Crippen LogP contribution >= 0.6 is 0 Å². The fraction of sp³-hybridized carbons (Fsp3) is 0.632. The van der Waals surface area contributed by atoms with E-state index in [4.69, 9.17) is 9.47 Å². The van der Waals surface area contributed by atoms with Gasteiger partial charge >= 0.3 is 0 Å². The van der Waals surface area contributed by atoms with E-state index in [0.717, 1.165) is 25.8 Å². The lowest BCUT2D eigenvalue weighted by Gasteiger charge is -2.37. The van der Waals surface area contributed by atoms with Crippen molar-refractivity contribution in [1.29, 1.82) is 0 Å². The summed E-state index contributed by atoms with van der Waals surface area (Å²) in [6.07, 6.45) is 4.07. The SMILES string of the molecule is Cc1ccccc1CCNC(=O)CN1CCCCC1C1OCCO1. The molecule has 1 amide bonds. The molecule has 0 bridgehead atoms. The molecule has 1 unspecified atom stereocenters. The van der Waals surface area contributed by atoms with E-state index in [2.05, 4.69) is 29.3 Å². The number of benzene rings is 1. The number of hydrogen-bond acceptors (Lipinski definition) is 4. The summed E-state index contributed by atoms with van der Waals surface area (Å²) >= 11 is 0. The lowest BCUT2D eigenvalue weighted by molar-refractivity contribution is -0.131. The lowest BCUT2D eigenvalue weighted by atomic mass is 10.0. The Bertz CT molecular complexity index is 543. The molecule has 5 nitrogen and oxygen atoms in total. The van der Waals surface area contributed by atoms with E-state index in [1.54, 1.807) is 0 Å². The zero-order valence-electron chi connectivity index (χ0n) is 14.5. The molecule has 2 saturated heterocycles. The van der Waals surface area contributed by atoms with E-state index in [-0.39, 0.29) is 18.2 Å². The molecular weight excluding hydrogens is 304 g/mol. The summed E-state index contributed by atoms with van der Waals surface area (Å²) < 4.78 is 11.3. The fourth-order valence-corrected chi connectivity index (χ4v) is 3.59. The maximum Gasteiger partial charge on any atom is 0.234 e. The zero-order valence-corrected chi connectivity index (χ0v) is 14.5. The molecular formula is C19H28N2O3. The highest BCUT2D eigenvalue weighted by atomic mass is 16.7. The third-order valence-electron chi connectivity index (χ3n) is 4.95. The molecule has 3 rings (SSSR count). The van der Waals surface area contributed by atoms with Gasteiger partial charge in [-0.05, 0) is 43.9 Å². The minimum Gasteiger partial charge on any atom is -0.355 e. The Hall–Kier alpha value is -1.43. The summed E-state index contributed by atoms with van der Waals surface area (Å²) in [6.45, 7) is 5.49. The molecule has 1 N–H and O–H groups in total. The van der Waals surface area contributed by atoms with Crippen LogP contribution in [0.1, 0.15) is 30.4 Å². The Balaban J connectivity index is 1.45. The number of amides is 1. The Morgan fingerprint density at radius 1 is 1.25 bits per heavy atom. The highest BCUT2D eigenvalue weighted by Gasteiger charge is 2.34. The third kappa shape index (κ3) is 4.56. The molecule has 2 fully saturated rings. The van der Waals surface area contributed by atoms with Gasteiger partial charge in [-0.1, -0.05) is 30.7 Å². The van der Waals surface area contributed by atoms with Crippen LogP contribution in [0.2, 0.25) is 0 Å². The first-order valence-electron chi connectivity index (χ1n) is 9.02. The summed E-state index contributed by atoms with van der Waals surface area (Å²) in [5, 5.41) is 3.05. The number of aryl methyl sites for hydroxylation is 1. The van der Waals surface area contributed by atoms with Gasteiger partial charge in [-0.3, -0.25) is 9.69 Å². The minimum atomic E-state index is -0.162. The maximum atomic E-state index is 12.3. The number of rotatable bonds is 6. The summed E-state index contributed by atoms with van der Waals surface area (Å²) in [4.78, 5) is 14.5. The highest BCUT2D eigenvalue weighted by Crippen LogP contribution is 2.23. The van der Waals surface area contributed by atoms with Crippen LogP contribution < -0.4 is 5.32 Å². The number of nitrogens with zero attached hydrogens (tertiary/aromatic N) is 1. The maximum absolute atomic E-state index is 12.3. The molecule has 132 valence electrons. The Kier molecular flexibility index (Phi) is 6.24. The van der Waals surface area contributed by atoms with Gasteiger partial charge in [-0.25, -0.2) is 0 Å². The second kappa shape index (κ2) is 8.60. The van der Waals surface area contributed by atoms with Gasteiger partial charge in [0, 0.05) is 6.54 Å². The van der Waals surface area contributed by atoms with Gasteiger partial charge in [0.25, 0.3) is 0 Å². The second-order valence-electron chi connectivity index (χ2n) is 6.67. The van der Waals surface area contributed by atoms with Crippen LogP contribution in [0.15, 0.2) is 24.3 Å². The van der Waals surface area contributed by atoms with Crippen LogP contribution in [-0.2, 0) is 20.7 Å². The predicted octanol–water partition coefficient (Wildman–Crippen LogP) is 1.88. The van der Waals surface area contributed by atoms with Crippen LogP contribution in [0, 0.1) is 6.92 Å². The van der Waals surface area contributed by atoms with Gasteiger partial charge in [0.15, 0.2) is 6.29 Å². The Labute approximate surface area is 144 Å². The quantitative estimate of drug-likeness (QED) is 0.864. The number of likely N-dealkylation sites (tertiary alicyclic amines) is 1. The monoisotopic (exact) mass is 332 g/mol. The van der Waals surface area contributed by atoms with E-state index < -0.39 is 0 Å². The van der Waals surface area contributed by atoms with Gasteiger partial charge in [0.2, 0.25) is 5.91 Å². The molecule has 1 aromatic carbocycles. The van der Waals surface area contributed by atoms with Crippen molar-refractivity contribution in [2.24, 2.45) is 0 Å². The number of ether oxygens (including phenoxy) is 2. The van der Waals surface area contributed by atoms with Crippen molar-refractivity contribution < 1.29 is 14.3 Å².